The summed E-state index contributed by atoms with van der Waals surface area (Å²) in [6.07, 6.45) is 6.67. The molecule has 0 spiro atoms. The van der Waals surface area contributed by atoms with Gasteiger partial charge in [0.15, 0.2) is 5.82 Å². The fourth-order valence-electron chi connectivity index (χ4n) is 5.30. The summed E-state index contributed by atoms with van der Waals surface area (Å²) in [5.41, 5.74) is 1.50. The van der Waals surface area contributed by atoms with E-state index in [1.165, 1.54) is 12.8 Å². The Morgan fingerprint density at radius 3 is 2.65 bits per heavy atom. The monoisotopic (exact) mass is 460 g/mol. The van der Waals surface area contributed by atoms with Crippen LogP contribution < -0.4 is 10.1 Å². The lowest BCUT2D eigenvalue weighted by atomic mass is 9.93. The number of methoxy groups -OCH3 is 1. The average Bonchev–Trinajstić information content (AvgIpc) is 3.02. The first-order valence-electron chi connectivity index (χ1n) is 12.2. The minimum Gasteiger partial charge on any atom is -0.497 e. The number of hydrogen-bond donors (Lipinski definition) is 1. The Morgan fingerprint density at radius 1 is 1.12 bits per heavy atom. The number of amides is 2. The molecule has 0 unspecified atom stereocenters. The lowest BCUT2D eigenvalue weighted by Gasteiger charge is -2.44. The van der Waals surface area contributed by atoms with Crippen molar-refractivity contribution in [3.63, 3.8) is 0 Å². The third-order valence-electron chi connectivity index (χ3n) is 7.31. The van der Waals surface area contributed by atoms with Crippen LogP contribution in [0.5, 0.6) is 5.75 Å². The SMILES string of the molecule is COc1cccc(CN2C(=O)c3nc4ccccc4n3C[C@@]2(C)C(=O)NC2CCCCCC2)c1. The quantitative estimate of drug-likeness (QED) is 0.576. The molecule has 2 heterocycles. The number of carbonyl (C=O) groups is 2. The topological polar surface area (TPSA) is 76.5 Å². The second kappa shape index (κ2) is 9.12. The van der Waals surface area contributed by atoms with Crippen molar-refractivity contribution in [3.05, 3.63) is 59.9 Å². The van der Waals surface area contributed by atoms with Gasteiger partial charge >= 0.3 is 0 Å². The van der Waals surface area contributed by atoms with Crippen molar-refractivity contribution in [1.82, 2.24) is 19.8 Å². The van der Waals surface area contributed by atoms with Crippen LogP contribution in [-0.4, -0.2) is 45.0 Å². The second-order valence-corrected chi connectivity index (χ2v) is 9.69. The molecule has 1 aromatic heterocycles. The number of nitrogens with one attached hydrogen (secondary N) is 1. The molecule has 3 aromatic rings. The third kappa shape index (κ3) is 4.04. The maximum absolute atomic E-state index is 13.9. The number of aromatic nitrogens is 2. The highest BCUT2D eigenvalue weighted by molar-refractivity contribution is 6.01. The molecule has 34 heavy (non-hydrogen) atoms. The van der Waals surface area contributed by atoms with Crippen molar-refractivity contribution in [2.75, 3.05) is 7.11 Å². The van der Waals surface area contributed by atoms with Gasteiger partial charge in [-0.15, -0.1) is 0 Å². The first kappa shape index (κ1) is 22.4. The number of ether oxygens (including phenoxy) is 1. The van der Waals surface area contributed by atoms with E-state index >= 15 is 0 Å². The van der Waals surface area contributed by atoms with Gasteiger partial charge < -0.3 is 19.5 Å². The van der Waals surface area contributed by atoms with Crippen LogP contribution in [0.25, 0.3) is 11.0 Å². The van der Waals surface area contributed by atoms with Gasteiger partial charge in [-0.25, -0.2) is 4.98 Å². The predicted octanol–water partition coefficient (Wildman–Crippen LogP) is 4.30. The van der Waals surface area contributed by atoms with Gasteiger partial charge in [0, 0.05) is 12.6 Å². The number of para-hydroxylation sites is 2. The van der Waals surface area contributed by atoms with E-state index in [1.807, 2.05) is 60.0 Å². The minimum atomic E-state index is -1.05. The number of rotatable bonds is 5. The molecule has 1 atom stereocenters. The summed E-state index contributed by atoms with van der Waals surface area (Å²) in [7, 11) is 1.62. The predicted molar refractivity (Wildman–Crippen MR) is 131 cm³/mol. The molecule has 0 saturated heterocycles. The van der Waals surface area contributed by atoms with E-state index < -0.39 is 5.54 Å². The number of nitrogens with zero attached hydrogens (tertiary/aromatic N) is 3. The molecular formula is C27H32N4O3. The molecule has 7 heteroatoms. The van der Waals surface area contributed by atoms with Crippen LogP contribution in [0.3, 0.4) is 0 Å². The van der Waals surface area contributed by atoms with Gasteiger partial charge in [-0.2, -0.15) is 0 Å². The van der Waals surface area contributed by atoms with E-state index in [0.717, 1.165) is 48.0 Å². The molecule has 1 N–H and O–H groups in total. The van der Waals surface area contributed by atoms with E-state index in [1.54, 1.807) is 12.0 Å². The van der Waals surface area contributed by atoms with E-state index in [9.17, 15) is 9.59 Å². The lowest BCUT2D eigenvalue weighted by Crippen LogP contribution is -2.64. The van der Waals surface area contributed by atoms with Crippen molar-refractivity contribution < 1.29 is 14.3 Å². The molecule has 1 fully saturated rings. The zero-order valence-electron chi connectivity index (χ0n) is 19.9. The lowest BCUT2D eigenvalue weighted by molar-refractivity contribution is -0.134. The maximum atomic E-state index is 13.9. The summed E-state index contributed by atoms with van der Waals surface area (Å²) in [6, 6.07) is 15.5. The Balaban J connectivity index is 1.53. The Kier molecular flexibility index (Phi) is 6.02. The van der Waals surface area contributed by atoms with E-state index in [4.69, 9.17) is 4.74 Å². The summed E-state index contributed by atoms with van der Waals surface area (Å²) in [4.78, 5) is 34.0. The van der Waals surface area contributed by atoms with Crippen molar-refractivity contribution in [2.24, 2.45) is 0 Å². The van der Waals surface area contributed by atoms with Gasteiger partial charge in [0.2, 0.25) is 5.91 Å². The van der Waals surface area contributed by atoms with E-state index in [-0.39, 0.29) is 17.9 Å². The standard InChI is InChI=1S/C27H32N4O3/c1-27(26(33)28-20-11-5-3-4-6-12-20)18-30-23-15-8-7-14-22(23)29-24(30)25(32)31(27)17-19-10-9-13-21(16-19)34-2/h7-10,13-16,20H,3-6,11-12,17-18H2,1-2H3,(H,28,33)/t27-/m0/s1. The molecule has 7 nitrogen and oxygen atoms in total. The molecule has 1 aliphatic heterocycles. The smallest absolute Gasteiger partial charge is 0.291 e. The average molecular weight is 461 g/mol. The fourth-order valence-corrected chi connectivity index (χ4v) is 5.30. The van der Waals surface area contributed by atoms with Gasteiger partial charge in [-0.1, -0.05) is 49.9 Å². The van der Waals surface area contributed by atoms with Crippen molar-refractivity contribution >= 4 is 22.8 Å². The molecule has 2 aromatic carbocycles. The summed E-state index contributed by atoms with van der Waals surface area (Å²) in [5.74, 6) is 0.769. The molecule has 0 bridgehead atoms. The summed E-state index contributed by atoms with van der Waals surface area (Å²) >= 11 is 0. The number of carbonyl (C=O) groups excluding carboxylic acids is 2. The zero-order chi connectivity index (χ0) is 23.7. The van der Waals surface area contributed by atoms with Crippen molar-refractivity contribution in [1.29, 1.82) is 0 Å². The third-order valence-corrected chi connectivity index (χ3v) is 7.31. The summed E-state index contributed by atoms with van der Waals surface area (Å²) < 4.78 is 7.29. The molecule has 0 radical (unpaired) electrons. The van der Waals surface area contributed by atoms with Gasteiger partial charge in [0.25, 0.3) is 5.91 Å². The Labute approximate surface area is 200 Å². The van der Waals surface area contributed by atoms with Crippen LogP contribution in [0.1, 0.15) is 61.6 Å². The van der Waals surface area contributed by atoms with Gasteiger partial charge in [0.1, 0.15) is 11.3 Å². The number of fused-ring (bicyclic) bond motifs is 3. The van der Waals surface area contributed by atoms with Crippen LogP contribution in [0.4, 0.5) is 0 Å². The Bertz CT molecular complexity index is 1210. The molecule has 5 rings (SSSR count). The zero-order valence-corrected chi connectivity index (χ0v) is 19.9. The van der Waals surface area contributed by atoms with Crippen LogP contribution in [0, 0.1) is 0 Å². The highest BCUT2D eigenvalue weighted by Gasteiger charge is 2.48. The Hall–Kier alpha value is -3.35. The van der Waals surface area contributed by atoms with Crippen LogP contribution in [0.2, 0.25) is 0 Å². The normalized spacial score (nSPS) is 21.2. The van der Waals surface area contributed by atoms with Gasteiger partial charge in [-0.3, -0.25) is 9.59 Å². The molecule has 1 saturated carbocycles. The van der Waals surface area contributed by atoms with Gasteiger partial charge in [0.05, 0.1) is 24.7 Å². The molecule has 2 aliphatic rings. The van der Waals surface area contributed by atoms with Crippen LogP contribution >= 0.6 is 0 Å². The second-order valence-electron chi connectivity index (χ2n) is 9.69. The van der Waals surface area contributed by atoms with Crippen molar-refractivity contribution in [3.8, 4) is 5.75 Å². The maximum Gasteiger partial charge on any atom is 0.291 e. The van der Waals surface area contributed by atoms with Gasteiger partial charge in [-0.05, 0) is 49.6 Å². The number of hydrogen-bond acceptors (Lipinski definition) is 4. The molecule has 2 amide bonds. The van der Waals surface area contributed by atoms with Crippen LogP contribution in [-0.2, 0) is 17.9 Å². The fraction of sp³-hybridized carbons (Fsp3) is 0.444. The first-order chi connectivity index (χ1) is 16.5. The van der Waals surface area contributed by atoms with E-state index in [0.29, 0.717) is 18.9 Å². The highest BCUT2D eigenvalue weighted by atomic mass is 16.5. The number of benzene rings is 2. The Morgan fingerprint density at radius 2 is 1.88 bits per heavy atom. The van der Waals surface area contributed by atoms with Crippen molar-refractivity contribution in [2.45, 2.75) is 70.1 Å². The minimum absolute atomic E-state index is 0.0981. The molecular weight excluding hydrogens is 428 g/mol. The summed E-state index contributed by atoms with van der Waals surface area (Å²) in [6.45, 7) is 2.54. The summed E-state index contributed by atoms with van der Waals surface area (Å²) in [5, 5.41) is 3.31. The highest BCUT2D eigenvalue weighted by Crippen LogP contribution is 2.33. The first-order valence-corrected chi connectivity index (χ1v) is 12.2. The van der Waals surface area contributed by atoms with Crippen LogP contribution in [0.15, 0.2) is 48.5 Å². The molecule has 1 aliphatic carbocycles. The number of imidazole rings is 1. The molecule has 178 valence electrons. The largest absolute Gasteiger partial charge is 0.497 e. The van der Waals surface area contributed by atoms with E-state index in [2.05, 4.69) is 10.3 Å².